The topological polar surface area (TPSA) is 23.5 Å². The van der Waals surface area contributed by atoms with Crippen molar-refractivity contribution in [2.45, 2.75) is 26.4 Å². The molecule has 102 valence electrons. The van der Waals surface area contributed by atoms with E-state index in [-0.39, 0.29) is 0 Å². The highest BCUT2D eigenvalue weighted by atomic mass is 32.2. The minimum Gasteiger partial charge on any atom is -0.385 e. The van der Waals surface area contributed by atoms with Gasteiger partial charge in [-0.15, -0.1) is 0 Å². The molecule has 18 heavy (non-hydrogen) atoms. The van der Waals surface area contributed by atoms with E-state index in [4.69, 9.17) is 0 Å². The largest absolute Gasteiger partial charge is 0.385 e. The van der Waals surface area contributed by atoms with Crippen LogP contribution in [0.5, 0.6) is 0 Å². The molecule has 2 nitrogen and oxygen atoms in total. The molecule has 0 aromatic heterocycles. The highest BCUT2D eigenvalue weighted by Crippen LogP contribution is 2.24. The van der Waals surface area contributed by atoms with Crippen molar-refractivity contribution in [1.82, 2.24) is 4.90 Å². The van der Waals surface area contributed by atoms with Crippen LogP contribution in [-0.2, 0) is 5.60 Å². The Morgan fingerprint density at radius 2 is 1.78 bits per heavy atom. The number of benzene rings is 1. The predicted molar refractivity (Wildman–Crippen MR) is 81.1 cm³/mol. The van der Waals surface area contributed by atoms with Gasteiger partial charge in [-0.3, -0.25) is 0 Å². The molecule has 0 spiro atoms. The third-order valence-electron chi connectivity index (χ3n) is 3.23. The first-order valence-corrected chi connectivity index (χ1v) is 7.83. The molecular formula is C15H25NOS. The van der Waals surface area contributed by atoms with Crippen molar-refractivity contribution in [3.05, 3.63) is 35.9 Å². The molecule has 1 unspecified atom stereocenters. The van der Waals surface area contributed by atoms with Gasteiger partial charge in [0.05, 0.1) is 5.60 Å². The van der Waals surface area contributed by atoms with Crippen molar-refractivity contribution in [3.8, 4) is 0 Å². The van der Waals surface area contributed by atoms with Gasteiger partial charge in [-0.05, 0) is 25.6 Å². The van der Waals surface area contributed by atoms with E-state index in [9.17, 15) is 5.11 Å². The molecule has 0 amide bonds. The molecule has 0 fully saturated rings. The van der Waals surface area contributed by atoms with Crippen LogP contribution in [0.4, 0.5) is 0 Å². The van der Waals surface area contributed by atoms with E-state index in [1.54, 1.807) is 0 Å². The Kier molecular flexibility index (Phi) is 6.76. The van der Waals surface area contributed by atoms with Gasteiger partial charge < -0.3 is 10.0 Å². The summed E-state index contributed by atoms with van der Waals surface area (Å²) in [6, 6.07) is 9.91. The minimum atomic E-state index is -0.727. The smallest absolute Gasteiger partial charge is 0.0958 e. The lowest BCUT2D eigenvalue weighted by molar-refractivity contribution is 0.0839. The lowest BCUT2D eigenvalue weighted by atomic mass is 9.99. The standard InChI is InChI=1S/C15H25NOS/c1-4-16(5-2)11-12-18-13-15(3,17)14-9-7-6-8-10-14/h6-10,17H,4-5,11-13H2,1-3H3. The van der Waals surface area contributed by atoms with E-state index in [1.165, 1.54) is 0 Å². The number of aliphatic hydroxyl groups is 1. The molecule has 0 radical (unpaired) electrons. The molecule has 0 aliphatic heterocycles. The summed E-state index contributed by atoms with van der Waals surface area (Å²) in [6.07, 6.45) is 0. The summed E-state index contributed by atoms with van der Waals surface area (Å²) in [7, 11) is 0. The zero-order chi connectivity index (χ0) is 13.4. The van der Waals surface area contributed by atoms with Crippen molar-refractivity contribution < 1.29 is 5.11 Å². The average molecular weight is 267 g/mol. The quantitative estimate of drug-likeness (QED) is 0.733. The molecule has 1 aromatic carbocycles. The molecule has 0 aliphatic rings. The van der Waals surface area contributed by atoms with E-state index in [2.05, 4.69) is 18.7 Å². The third kappa shape index (κ3) is 5.01. The van der Waals surface area contributed by atoms with Gasteiger partial charge in [-0.1, -0.05) is 44.2 Å². The SMILES string of the molecule is CCN(CC)CCSCC(C)(O)c1ccccc1. The maximum absolute atomic E-state index is 10.4. The van der Waals surface area contributed by atoms with Gasteiger partial charge in [0.15, 0.2) is 0 Å². The Bertz CT molecular complexity index is 323. The van der Waals surface area contributed by atoms with E-state index in [1.807, 2.05) is 49.0 Å². The predicted octanol–water partition coefficient (Wildman–Crippen LogP) is 2.97. The van der Waals surface area contributed by atoms with Crippen LogP contribution in [0.2, 0.25) is 0 Å². The summed E-state index contributed by atoms with van der Waals surface area (Å²) in [5.41, 5.74) is 0.273. The van der Waals surface area contributed by atoms with Gasteiger partial charge >= 0.3 is 0 Å². The highest BCUT2D eigenvalue weighted by molar-refractivity contribution is 7.99. The van der Waals surface area contributed by atoms with Crippen LogP contribution in [-0.4, -0.2) is 41.1 Å². The maximum Gasteiger partial charge on any atom is 0.0958 e. The van der Waals surface area contributed by atoms with Gasteiger partial charge in [-0.2, -0.15) is 11.8 Å². The van der Waals surface area contributed by atoms with Gasteiger partial charge in [0.2, 0.25) is 0 Å². The van der Waals surface area contributed by atoms with Crippen LogP contribution >= 0.6 is 11.8 Å². The first-order valence-electron chi connectivity index (χ1n) is 6.68. The summed E-state index contributed by atoms with van der Waals surface area (Å²) in [4.78, 5) is 2.41. The van der Waals surface area contributed by atoms with Crippen molar-refractivity contribution in [1.29, 1.82) is 0 Å². The average Bonchev–Trinajstić information content (AvgIpc) is 2.40. The number of hydrogen-bond acceptors (Lipinski definition) is 3. The first kappa shape index (κ1) is 15.5. The Balaban J connectivity index is 2.34. The molecule has 1 atom stereocenters. The molecule has 1 N–H and O–H groups in total. The minimum absolute atomic E-state index is 0.727. The molecule has 0 bridgehead atoms. The number of rotatable bonds is 8. The summed E-state index contributed by atoms with van der Waals surface area (Å²) in [6.45, 7) is 9.58. The Labute approximate surface area is 115 Å². The van der Waals surface area contributed by atoms with Crippen LogP contribution < -0.4 is 0 Å². The second-order valence-corrected chi connectivity index (χ2v) is 5.82. The van der Waals surface area contributed by atoms with Crippen molar-refractivity contribution in [2.24, 2.45) is 0 Å². The molecule has 0 saturated carbocycles. The molecule has 0 heterocycles. The summed E-state index contributed by atoms with van der Waals surface area (Å²) < 4.78 is 0. The second-order valence-electron chi connectivity index (χ2n) is 4.72. The van der Waals surface area contributed by atoms with Crippen LogP contribution in [0.1, 0.15) is 26.3 Å². The van der Waals surface area contributed by atoms with Crippen LogP contribution in [0.3, 0.4) is 0 Å². The first-order chi connectivity index (χ1) is 8.60. The van der Waals surface area contributed by atoms with Crippen LogP contribution in [0, 0.1) is 0 Å². The van der Waals surface area contributed by atoms with Crippen molar-refractivity contribution >= 4 is 11.8 Å². The van der Waals surface area contributed by atoms with E-state index >= 15 is 0 Å². The molecule has 3 heteroatoms. The molecule has 1 aromatic rings. The van der Waals surface area contributed by atoms with E-state index < -0.39 is 5.60 Å². The maximum atomic E-state index is 10.4. The highest BCUT2D eigenvalue weighted by Gasteiger charge is 2.22. The number of nitrogens with zero attached hydrogens (tertiary/aromatic N) is 1. The monoisotopic (exact) mass is 267 g/mol. The van der Waals surface area contributed by atoms with Crippen molar-refractivity contribution in [2.75, 3.05) is 31.1 Å². The Morgan fingerprint density at radius 1 is 1.17 bits per heavy atom. The summed E-state index contributed by atoms with van der Waals surface area (Å²) in [5, 5.41) is 10.4. The summed E-state index contributed by atoms with van der Waals surface area (Å²) in [5.74, 6) is 1.82. The van der Waals surface area contributed by atoms with E-state index in [0.29, 0.717) is 0 Å². The van der Waals surface area contributed by atoms with Gasteiger partial charge in [0, 0.05) is 18.1 Å². The van der Waals surface area contributed by atoms with E-state index in [0.717, 1.165) is 36.7 Å². The summed E-state index contributed by atoms with van der Waals surface area (Å²) >= 11 is 1.82. The van der Waals surface area contributed by atoms with Gasteiger partial charge in [-0.25, -0.2) is 0 Å². The van der Waals surface area contributed by atoms with Gasteiger partial charge in [0.25, 0.3) is 0 Å². The molecular weight excluding hydrogens is 242 g/mol. The molecule has 1 rings (SSSR count). The lowest BCUT2D eigenvalue weighted by Crippen LogP contribution is -2.28. The van der Waals surface area contributed by atoms with Crippen LogP contribution in [0.15, 0.2) is 30.3 Å². The Morgan fingerprint density at radius 3 is 2.33 bits per heavy atom. The van der Waals surface area contributed by atoms with Crippen molar-refractivity contribution in [3.63, 3.8) is 0 Å². The Hall–Kier alpha value is -0.510. The fourth-order valence-electron chi connectivity index (χ4n) is 1.88. The van der Waals surface area contributed by atoms with Gasteiger partial charge in [0.1, 0.15) is 0 Å². The zero-order valence-electron chi connectivity index (χ0n) is 11.7. The lowest BCUT2D eigenvalue weighted by Gasteiger charge is -2.24. The molecule has 0 saturated heterocycles. The second kappa shape index (κ2) is 7.82. The fourth-order valence-corrected chi connectivity index (χ4v) is 2.98. The third-order valence-corrected chi connectivity index (χ3v) is 4.46. The molecule has 0 aliphatic carbocycles. The van der Waals surface area contributed by atoms with Crippen LogP contribution in [0.25, 0.3) is 0 Å². The zero-order valence-corrected chi connectivity index (χ0v) is 12.5. The number of hydrogen-bond donors (Lipinski definition) is 1. The fraction of sp³-hybridized carbons (Fsp3) is 0.600. The number of thioether (sulfide) groups is 1. The normalized spacial score (nSPS) is 14.7.